The molecule has 4 rings (SSSR count). The second-order valence-electron chi connectivity index (χ2n) is 9.06. The Labute approximate surface area is 190 Å². The summed E-state index contributed by atoms with van der Waals surface area (Å²) in [6.45, 7) is 7.39. The molecule has 176 valence electrons. The van der Waals surface area contributed by atoms with Gasteiger partial charge < -0.3 is 14.8 Å². The van der Waals surface area contributed by atoms with Crippen LogP contribution in [0.1, 0.15) is 31.2 Å². The van der Waals surface area contributed by atoms with Gasteiger partial charge in [-0.1, -0.05) is 30.3 Å². The summed E-state index contributed by atoms with van der Waals surface area (Å²) in [6.07, 6.45) is 2.32. The van der Waals surface area contributed by atoms with Crippen LogP contribution in [-0.2, 0) is 20.8 Å². The summed E-state index contributed by atoms with van der Waals surface area (Å²) < 4.78 is 10.8. The number of amides is 1. The summed E-state index contributed by atoms with van der Waals surface area (Å²) >= 11 is 0. The van der Waals surface area contributed by atoms with Crippen molar-refractivity contribution in [3.05, 3.63) is 35.9 Å². The second kappa shape index (κ2) is 11.1. The maximum atomic E-state index is 13.0. The molecule has 1 aromatic carbocycles. The van der Waals surface area contributed by atoms with Crippen molar-refractivity contribution in [1.82, 2.24) is 20.0 Å². The predicted octanol–water partition coefficient (Wildman–Crippen LogP) is 1.70. The normalized spacial score (nSPS) is 25.7. The zero-order chi connectivity index (χ0) is 22.3. The molecule has 3 aliphatic heterocycles. The molecule has 0 radical (unpaired) electrons. The van der Waals surface area contributed by atoms with Crippen LogP contribution in [-0.4, -0.2) is 97.9 Å². The van der Waals surface area contributed by atoms with Crippen molar-refractivity contribution < 1.29 is 19.1 Å². The van der Waals surface area contributed by atoms with Crippen molar-refractivity contribution in [1.29, 1.82) is 0 Å². The molecule has 8 heteroatoms. The van der Waals surface area contributed by atoms with Crippen molar-refractivity contribution in [2.24, 2.45) is 0 Å². The quantitative estimate of drug-likeness (QED) is 0.612. The fourth-order valence-corrected chi connectivity index (χ4v) is 5.20. The Kier molecular flexibility index (Phi) is 8.00. The van der Waals surface area contributed by atoms with E-state index >= 15 is 0 Å². The molecule has 0 spiro atoms. The maximum Gasteiger partial charge on any atom is 0.410 e. The molecule has 1 amide bonds. The molecular formula is C24H36N4O4. The number of piperidine rings is 1. The van der Waals surface area contributed by atoms with Crippen LogP contribution >= 0.6 is 0 Å². The summed E-state index contributed by atoms with van der Waals surface area (Å²) in [6, 6.07) is 10.6. The first-order valence-corrected chi connectivity index (χ1v) is 11.9. The molecule has 3 saturated heterocycles. The molecule has 0 aromatic heterocycles. The van der Waals surface area contributed by atoms with Gasteiger partial charge >= 0.3 is 12.1 Å². The maximum absolute atomic E-state index is 13.0. The van der Waals surface area contributed by atoms with E-state index in [4.69, 9.17) is 9.47 Å². The number of benzene rings is 1. The smallest absolute Gasteiger partial charge is 0.410 e. The second-order valence-corrected chi connectivity index (χ2v) is 9.06. The van der Waals surface area contributed by atoms with Crippen molar-refractivity contribution in [2.45, 2.75) is 50.4 Å². The van der Waals surface area contributed by atoms with Crippen LogP contribution in [0, 0.1) is 0 Å². The van der Waals surface area contributed by atoms with E-state index in [1.54, 1.807) is 0 Å². The van der Waals surface area contributed by atoms with Crippen LogP contribution in [0.4, 0.5) is 4.79 Å². The van der Waals surface area contributed by atoms with Gasteiger partial charge in [0.05, 0.1) is 13.2 Å². The predicted molar refractivity (Wildman–Crippen MR) is 121 cm³/mol. The van der Waals surface area contributed by atoms with Gasteiger partial charge in [-0.25, -0.2) is 4.79 Å². The number of rotatable bonds is 8. The molecule has 1 aromatic rings. The number of cyclic esters (lactones) is 1. The van der Waals surface area contributed by atoms with Gasteiger partial charge in [0.1, 0.15) is 6.10 Å². The Balaban J connectivity index is 1.38. The van der Waals surface area contributed by atoms with Crippen LogP contribution in [0.2, 0.25) is 0 Å². The van der Waals surface area contributed by atoms with Crippen LogP contribution in [0.25, 0.3) is 0 Å². The van der Waals surface area contributed by atoms with Gasteiger partial charge in [-0.05, 0) is 24.8 Å². The number of carbonyl (C=O) groups excluding carboxylic acids is 2. The standard InChI is InChI=1S/C24H36N4O4/c1-31-23(29)8-7-21-22(18-27-15-11-25-12-16-27)32-24(30)28(21)20-9-13-26(14-10-20)17-19-5-3-2-4-6-19/h2-6,20-22,25H,7-18H2,1H3. The molecule has 2 atom stereocenters. The van der Waals surface area contributed by atoms with Gasteiger partial charge in [-0.3, -0.25) is 19.5 Å². The van der Waals surface area contributed by atoms with E-state index in [1.165, 1.54) is 12.7 Å². The minimum Gasteiger partial charge on any atom is -0.469 e. The number of methoxy groups -OCH3 is 1. The minimum atomic E-state index is -0.233. The molecule has 0 saturated carbocycles. The third kappa shape index (κ3) is 5.79. The molecule has 1 N–H and O–H groups in total. The number of piperazine rings is 1. The first-order valence-electron chi connectivity index (χ1n) is 11.9. The van der Waals surface area contributed by atoms with Gasteiger partial charge in [-0.15, -0.1) is 0 Å². The van der Waals surface area contributed by atoms with E-state index in [9.17, 15) is 9.59 Å². The third-order valence-corrected chi connectivity index (χ3v) is 6.97. The number of likely N-dealkylation sites (tertiary alicyclic amines) is 1. The first-order chi connectivity index (χ1) is 15.6. The average Bonchev–Trinajstić information content (AvgIpc) is 3.13. The van der Waals surface area contributed by atoms with Gasteiger partial charge in [0.15, 0.2) is 0 Å². The number of esters is 1. The number of nitrogens with one attached hydrogen (secondary N) is 1. The molecule has 32 heavy (non-hydrogen) atoms. The lowest BCUT2D eigenvalue weighted by Gasteiger charge is -2.39. The Hall–Kier alpha value is -2.16. The lowest BCUT2D eigenvalue weighted by Crippen LogP contribution is -2.52. The number of nitrogens with zero attached hydrogens (tertiary/aromatic N) is 3. The highest BCUT2D eigenvalue weighted by Crippen LogP contribution is 2.31. The van der Waals surface area contributed by atoms with E-state index in [1.807, 2.05) is 11.0 Å². The Morgan fingerprint density at radius 3 is 2.50 bits per heavy atom. The summed E-state index contributed by atoms with van der Waals surface area (Å²) in [4.78, 5) is 31.6. The monoisotopic (exact) mass is 444 g/mol. The zero-order valence-corrected chi connectivity index (χ0v) is 19.1. The van der Waals surface area contributed by atoms with Crippen LogP contribution in [0.15, 0.2) is 30.3 Å². The molecule has 3 fully saturated rings. The lowest BCUT2D eigenvalue weighted by atomic mass is 9.97. The Bertz CT molecular complexity index is 748. The molecule has 3 heterocycles. The van der Waals surface area contributed by atoms with E-state index < -0.39 is 0 Å². The fourth-order valence-electron chi connectivity index (χ4n) is 5.20. The molecule has 3 aliphatic rings. The number of hydrogen-bond acceptors (Lipinski definition) is 7. The van der Waals surface area contributed by atoms with Gasteiger partial charge in [0, 0.05) is 64.8 Å². The zero-order valence-electron chi connectivity index (χ0n) is 19.1. The summed E-state index contributed by atoms with van der Waals surface area (Å²) in [5, 5.41) is 3.36. The SMILES string of the molecule is COC(=O)CCC1C(CN2CCNCC2)OC(=O)N1C1CCN(Cc2ccccc2)CC1. The fraction of sp³-hybridized carbons (Fsp3) is 0.667. The third-order valence-electron chi connectivity index (χ3n) is 6.97. The highest BCUT2D eigenvalue weighted by Gasteiger charge is 2.46. The highest BCUT2D eigenvalue weighted by atomic mass is 16.6. The highest BCUT2D eigenvalue weighted by molar-refractivity contribution is 5.72. The number of hydrogen-bond donors (Lipinski definition) is 1. The lowest BCUT2D eigenvalue weighted by molar-refractivity contribution is -0.141. The molecule has 0 bridgehead atoms. The van der Waals surface area contributed by atoms with Crippen molar-refractivity contribution in [3.8, 4) is 0 Å². The average molecular weight is 445 g/mol. The molecule has 2 unspecified atom stereocenters. The first kappa shape index (κ1) is 23.0. The largest absolute Gasteiger partial charge is 0.469 e. The summed E-state index contributed by atoms with van der Waals surface area (Å²) in [5.41, 5.74) is 1.32. The van der Waals surface area contributed by atoms with Crippen LogP contribution < -0.4 is 5.32 Å². The van der Waals surface area contributed by atoms with Crippen molar-refractivity contribution in [3.63, 3.8) is 0 Å². The molecular weight excluding hydrogens is 408 g/mol. The Morgan fingerprint density at radius 2 is 1.81 bits per heavy atom. The van der Waals surface area contributed by atoms with Crippen LogP contribution in [0.3, 0.4) is 0 Å². The van der Waals surface area contributed by atoms with Crippen LogP contribution in [0.5, 0.6) is 0 Å². The van der Waals surface area contributed by atoms with Crippen molar-refractivity contribution in [2.75, 3.05) is 52.9 Å². The Morgan fingerprint density at radius 1 is 1.09 bits per heavy atom. The van der Waals surface area contributed by atoms with E-state index in [2.05, 4.69) is 39.4 Å². The molecule has 0 aliphatic carbocycles. The van der Waals surface area contributed by atoms with E-state index in [-0.39, 0.29) is 30.3 Å². The number of ether oxygens (including phenoxy) is 2. The molecule has 8 nitrogen and oxygen atoms in total. The van der Waals surface area contributed by atoms with E-state index in [0.717, 1.165) is 65.2 Å². The topological polar surface area (TPSA) is 74.3 Å². The summed E-state index contributed by atoms with van der Waals surface area (Å²) in [5.74, 6) is -0.233. The van der Waals surface area contributed by atoms with Gasteiger partial charge in [-0.2, -0.15) is 0 Å². The number of carbonyl (C=O) groups is 2. The summed E-state index contributed by atoms with van der Waals surface area (Å²) in [7, 11) is 1.41. The van der Waals surface area contributed by atoms with Gasteiger partial charge in [0.25, 0.3) is 0 Å². The van der Waals surface area contributed by atoms with Crippen molar-refractivity contribution >= 4 is 12.1 Å². The van der Waals surface area contributed by atoms with Gasteiger partial charge in [0.2, 0.25) is 0 Å². The van der Waals surface area contributed by atoms with E-state index in [0.29, 0.717) is 12.8 Å². The minimum absolute atomic E-state index is 0.0813.